The molecular formula is C19H20F2N4O3. The van der Waals surface area contributed by atoms with E-state index < -0.39 is 17.7 Å². The maximum atomic E-state index is 14.7. The molecule has 0 unspecified atom stereocenters. The minimum atomic E-state index is -0.680. The number of fused-ring (bicyclic) bond motifs is 1. The fourth-order valence-electron chi connectivity index (χ4n) is 2.71. The molecule has 3 rings (SSSR count). The van der Waals surface area contributed by atoms with E-state index >= 15 is 0 Å². The molecule has 2 aromatic heterocycles. The molecule has 28 heavy (non-hydrogen) atoms. The Kier molecular flexibility index (Phi) is 5.62. The number of benzene rings is 1. The van der Waals surface area contributed by atoms with Gasteiger partial charge in [-0.1, -0.05) is 0 Å². The summed E-state index contributed by atoms with van der Waals surface area (Å²) in [4.78, 5) is 10.8. The molecule has 0 radical (unpaired) electrons. The van der Waals surface area contributed by atoms with E-state index in [1.807, 2.05) is 6.92 Å². The number of nitrogens with zero attached hydrogens (tertiary/aromatic N) is 2. The van der Waals surface area contributed by atoms with E-state index in [2.05, 4.69) is 10.4 Å². The van der Waals surface area contributed by atoms with Gasteiger partial charge in [-0.2, -0.15) is 5.10 Å². The van der Waals surface area contributed by atoms with E-state index in [9.17, 15) is 13.6 Å². The molecule has 1 atom stereocenters. The summed E-state index contributed by atoms with van der Waals surface area (Å²) < 4.78 is 41.4. The van der Waals surface area contributed by atoms with Crippen molar-refractivity contribution in [3.05, 3.63) is 48.2 Å². The lowest BCUT2D eigenvalue weighted by Crippen LogP contribution is -2.40. The van der Waals surface area contributed by atoms with E-state index in [1.54, 1.807) is 13.0 Å². The van der Waals surface area contributed by atoms with E-state index in [-0.39, 0.29) is 35.2 Å². The van der Waals surface area contributed by atoms with Gasteiger partial charge in [-0.15, -0.1) is 0 Å². The average molecular weight is 390 g/mol. The van der Waals surface area contributed by atoms with E-state index in [1.165, 1.54) is 28.9 Å². The minimum Gasteiger partial charge on any atom is -0.492 e. The van der Waals surface area contributed by atoms with Gasteiger partial charge in [0.2, 0.25) is 0 Å². The lowest BCUT2D eigenvalue weighted by molar-refractivity contribution is 0.233. The Hall–Kier alpha value is -3.36. The number of amides is 2. The van der Waals surface area contributed by atoms with Crippen LogP contribution in [0.3, 0.4) is 0 Å². The molecule has 0 bridgehead atoms. The summed E-state index contributed by atoms with van der Waals surface area (Å²) in [6.45, 7) is 4.09. The zero-order valence-electron chi connectivity index (χ0n) is 15.4. The van der Waals surface area contributed by atoms with Crippen molar-refractivity contribution in [3.63, 3.8) is 0 Å². The third-order valence-corrected chi connectivity index (χ3v) is 3.94. The van der Waals surface area contributed by atoms with Crippen LogP contribution in [0.1, 0.15) is 13.8 Å². The quantitative estimate of drug-likeness (QED) is 0.649. The Balaban J connectivity index is 1.83. The lowest BCUT2D eigenvalue weighted by atomic mass is 10.1. The van der Waals surface area contributed by atoms with Gasteiger partial charge in [0.05, 0.1) is 18.8 Å². The Morgan fingerprint density at radius 3 is 2.68 bits per heavy atom. The number of hydrogen-bond donors (Lipinski definition) is 2. The highest BCUT2D eigenvalue weighted by atomic mass is 19.1. The highest BCUT2D eigenvalue weighted by Gasteiger charge is 2.18. The number of halogens is 2. The number of nitrogens with two attached hydrogens (primary N) is 1. The molecule has 2 amide bonds. The third kappa shape index (κ3) is 4.13. The zero-order valence-corrected chi connectivity index (χ0v) is 15.4. The van der Waals surface area contributed by atoms with E-state index in [0.29, 0.717) is 12.4 Å². The van der Waals surface area contributed by atoms with Crippen LogP contribution >= 0.6 is 0 Å². The number of urea groups is 1. The predicted molar refractivity (Wildman–Crippen MR) is 99.4 cm³/mol. The molecule has 3 N–H and O–H groups in total. The van der Waals surface area contributed by atoms with Gasteiger partial charge in [0, 0.05) is 11.6 Å². The molecule has 0 saturated carbocycles. The number of rotatable bonds is 7. The molecule has 3 aromatic rings. The van der Waals surface area contributed by atoms with Gasteiger partial charge in [0.15, 0.2) is 5.82 Å². The van der Waals surface area contributed by atoms with Crippen LogP contribution in [0.15, 0.2) is 36.5 Å². The predicted octanol–water partition coefficient (Wildman–Crippen LogP) is 3.11. The summed E-state index contributed by atoms with van der Waals surface area (Å²) in [6, 6.07) is 6.17. The monoisotopic (exact) mass is 390 g/mol. The van der Waals surface area contributed by atoms with Crippen molar-refractivity contribution in [1.29, 1.82) is 0 Å². The molecule has 2 heterocycles. The van der Waals surface area contributed by atoms with Crippen LogP contribution in [0, 0.1) is 11.6 Å². The van der Waals surface area contributed by atoms with Crippen molar-refractivity contribution >= 4 is 11.5 Å². The smallest absolute Gasteiger partial charge is 0.312 e. The second-order valence-corrected chi connectivity index (χ2v) is 6.15. The van der Waals surface area contributed by atoms with Crippen molar-refractivity contribution in [2.24, 2.45) is 5.73 Å². The molecule has 9 heteroatoms. The topological polar surface area (TPSA) is 90.9 Å². The molecule has 0 aliphatic heterocycles. The fraction of sp³-hybridized carbons (Fsp3) is 0.263. The summed E-state index contributed by atoms with van der Waals surface area (Å²) >= 11 is 0. The number of carbonyl (C=O) groups excluding carboxylic acids is 1. The number of nitrogens with one attached hydrogen (secondary N) is 1. The second-order valence-electron chi connectivity index (χ2n) is 6.15. The van der Waals surface area contributed by atoms with Crippen LogP contribution in [-0.4, -0.2) is 34.9 Å². The standard InChI is InChI=1S/C19H20F2N4O3/c1-3-27-13-5-7-16-17(21)18(24-25(16)9-13)14-6-4-12(8-15(14)20)28-10-11(2)23-19(22)26/h4-9,11H,3,10H2,1-2H3,(H3,22,23,26)/t11-/m0/s1. The van der Waals surface area contributed by atoms with Crippen LogP contribution in [0.2, 0.25) is 0 Å². The van der Waals surface area contributed by atoms with Crippen molar-refractivity contribution in [2.45, 2.75) is 19.9 Å². The number of hydrogen-bond acceptors (Lipinski definition) is 4. The van der Waals surface area contributed by atoms with E-state index in [4.69, 9.17) is 15.2 Å². The highest BCUT2D eigenvalue weighted by molar-refractivity contribution is 5.72. The van der Waals surface area contributed by atoms with Crippen LogP contribution in [-0.2, 0) is 0 Å². The van der Waals surface area contributed by atoms with Crippen molar-refractivity contribution in [3.8, 4) is 22.8 Å². The molecule has 0 aliphatic rings. The van der Waals surface area contributed by atoms with Gasteiger partial charge >= 0.3 is 6.03 Å². The minimum absolute atomic E-state index is 0.00909. The van der Waals surface area contributed by atoms with Gasteiger partial charge in [0.1, 0.15) is 35.1 Å². The SMILES string of the molecule is CCOc1ccc2c(F)c(-c3ccc(OC[C@H](C)NC(N)=O)cc3F)nn2c1. The van der Waals surface area contributed by atoms with E-state index in [0.717, 1.165) is 6.07 Å². The van der Waals surface area contributed by atoms with Gasteiger partial charge in [0.25, 0.3) is 0 Å². The van der Waals surface area contributed by atoms with Crippen molar-refractivity contribution < 1.29 is 23.0 Å². The van der Waals surface area contributed by atoms with Gasteiger partial charge in [-0.05, 0) is 38.1 Å². The molecule has 7 nitrogen and oxygen atoms in total. The first-order valence-corrected chi connectivity index (χ1v) is 8.68. The summed E-state index contributed by atoms with van der Waals surface area (Å²) in [5, 5.41) is 6.59. The molecule has 0 saturated heterocycles. The molecular weight excluding hydrogens is 370 g/mol. The summed E-state index contributed by atoms with van der Waals surface area (Å²) in [5.74, 6) is -0.538. The summed E-state index contributed by atoms with van der Waals surface area (Å²) in [5.41, 5.74) is 5.14. The maximum absolute atomic E-state index is 14.7. The summed E-state index contributed by atoms with van der Waals surface area (Å²) in [7, 11) is 0. The van der Waals surface area contributed by atoms with Crippen molar-refractivity contribution in [1.82, 2.24) is 14.9 Å². The molecule has 148 valence electrons. The van der Waals surface area contributed by atoms with Gasteiger partial charge in [-0.25, -0.2) is 18.1 Å². The molecule has 1 aromatic carbocycles. The lowest BCUT2D eigenvalue weighted by Gasteiger charge is -2.13. The average Bonchev–Trinajstić information content (AvgIpc) is 2.96. The normalized spacial score (nSPS) is 12.0. The van der Waals surface area contributed by atoms with Crippen LogP contribution in [0.25, 0.3) is 16.8 Å². The third-order valence-electron chi connectivity index (χ3n) is 3.94. The maximum Gasteiger partial charge on any atom is 0.312 e. The summed E-state index contributed by atoms with van der Waals surface area (Å²) in [6.07, 6.45) is 1.54. The molecule has 0 spiro atoms. The number of primary amides is 1. The number of aromatic nitrogens is 2. The fourth-order valence-corrected chi connectivity index (χ4v) is 2.71. The number of carbonyl (C=O) groups is 1. The molecule has 0 fully saturated rings. The number of ether oxygens (including phenoxy) is 2. The Morgan fingerprint density at radius 2 is 2.00 bits per heavy atom. The second kappa shape index (κ2) is 8.12. The Bertz CT molecular complexity index is 1010. The van der Waals surface area contributed by atoms with Gasteiger partial charge in [-0.3, -0.25) is 0 Å². The zero-order chi connectivity index (χ0) is 20.3. The first-order valence-electron chi connectivity index (χ1n) is 8.68. The molecule has 0 aliphatic carbocycles. The van der Waals surface area contributed by atoms with Crippen LogP contribution < -0.4 is 20.5 Å². The highest BCUT2D eigenvalue weighted by Crippen LogP contribution is 2.30. The van der Waals surface area contributed by atoms with Crippen molar-refractivity contribution in [2.75, 3.05) is 13.2 Å². The van der Waals surface area contributed by atoms with Gasteiger partial charge < -0.3 is 20.5 Å². The van der Waals surface area contributed by atoms with Crippen LogP contribution in [0.4, 0.5) is 13.6 Å². The van der Waals surface area contributed by atoms with Crippen LogP contribution in [0.5, 0.6) is 11.5 Å². The first-order chi connectivity index (χ1) is 13.4. The Morgan fingerprint density at radius 1 is 1.25 bits per heavy atom. The number of pyridine rings is 1. The Labute approximate surface area is 160 Å². The first kappa shape index (κ1) is 19.4. The largest absolute Gasteiger partial charge is 0.492 e.